The molecule has 0 saturated carbocycles. The summed E-state index contributed by atoms with van der Waals surface area (Å²) in [4.78, 5) is 0. The zero-order valence-corrected chi connectivity index (χ0v) is 8.93. The number of allylic oxidation sites excluding steroid dienone is 4. The van der Waals surface area contributed by atoms with E-state index in [0.717, 1.165) is 37.6 Å². The zero-order valence-electron chi connectivity index (χ0n) is 8.93. The van der Waals surface area contributed by atoms with Gasteiger partial charge in [0.15, 0.2) is 0 Å². The van der Waals surface area contributed by atoms with Gasteiger partial charge in [-0.15, -0.1) is 0 Å². The molecule has 77 valence electrons. The van der Waals surface area contributed by atoms with Gasteiger partial charge in [-0.2, -0.15) is 0 Å². The monoisotopic (exact) mass is 193 g/mol. The summed E-state index contributed by atoms with van der Waals surface area (Å²) >= 11 is 0. The van der Waals surface area contributed by atoms with Gasteiger partial charge in [-0.3, -0.25) is 0 Å². The molecule has 0 aliphatic heterocycles. The third-order valence-corrected chi connectivity index (χ3v) is 1.73. The van der Waals surface area contributed by atoms with Crippen LogP contribution in [0.5, 0.6) is 0 Å². The van der Waals surface area contributed by atoms with E-state index >= 15 is 0 Å². The molecule has 0 saturated heterocycles. The first-order chi connectivity index (χ1) is 6.86. The first-order valence-electron chi connectivity index (χ1n) is 5.18. The minimum absolute atomic E-state index is 0.676. The fourth-order valence-electron chi connectivity index (χ4n) is 1.04. The molecule has 2 heteroatoms. The quantitative estimate of drug-likeness (QED) is 0.645. The molecule has 3 radical (unpaired) electrons. The lowest BCUT2D eigenvalue weighted by Gasteiger charge is -2.14. The third-order valence-electron chi connectivity index (χ3n) is 1.73. The Labute approximate surface area is 86.6 Å². The highest BCUT2D eigenvalue weighted by Gasteiger charge is 2.09. The normalized spacial score (nSPS) is 15.9. The smallest absolute Gasteiger partial charge is 0.105 e. The van der Waals surface area contributed by atoms with Crippen molar-refractivity contribution >= 4 is 0 Å². The highest BCUT2D eigenvalue weighted by molar-refractivity contribution is 5.20. The average molecular weight is 193 g/mol. The highest BCUT2D eigenvalue weighted by atomic mass is 16.5. The Morgan fingerprint density at radius 2 is 1.93 bits per heavy atom. The van der Waals surface area contributed by atoms with Crippen LogP contribution in [0.2, 0.25) is 0 Å². The minimum atomic E-state index is 0.676. The fourth-order valence-corrected chi connectivity index (χ4v) is 1.04. The van der Waals surface area contributed by atoms with Crippen LogP contribution in [0.1, 0.15) is 33.1 Å². The summed E-state index contributed by atoms with van der Waals surface area (Å²) in [6.45, 7) is 5.66. The minimum Gasteiger partial charge on any atom is -0.497 e. The van der Waals surface area contributed by atoms with Crippen LogP contribution in [0.3, 0.4) is 0 Å². The fraction of sp³-hybridized carbons (Fsp3) is 0.583. The third kappa shape index (κ3) is 3.86. The molecule has 0 aromatic rings. The van der Waals surface area contributed by atoms with E-state index in [4.69, 9.17) is 9.47 Å². The van der Waals surface area contributed by atoms with Crippen LogP contribution in [-0.2, 0) is 9.47 Å². The lowest BCUT2D eigenvalue weighted by Crippen LogP contribution is -2.03. The lowest BCUT2D eigenvalue weighted by atomic mass is 10.1. The van der Waals surface area contributed by atoms with Gasteiger partial charge in [0.1, 0.15) is 11.5 Å². The van der Waals surface area contributed by atoms with Crippen molar-refractivity contribution in [3.63, 3.8) is 0 Å². The van der Waals surface area contributed by atoms with Crippen molar-refractivity contribution in [3.8, 4) is 0 Å². The van der Waals surface area contributed by atoms with Gasteiger partial charge < -0.3 is 9.47 Å². The van der Waals surface area contributed by atoms with E-state index in [-0.39, 0.29) is 0 Å². The predicted octanol–water partition coefficient (Wildman–Crippen LogP) is 2.90. The van der Waals surface area contributed by atoms with Gasteiger partial charge in [-0.1, -0.05) is 13.8 Å². The maximum absolute atomic E-state index is 5.43. The molecule has 1 aliphatic rings. The van der Waals surface area contributed by atoms with E-state index in [9.17, 15) is 0 Å². The second-order valence-corrected chi connectivity index (χ2v) is 3.13. The van der Waals surface area contributed by atoms with Crippen molar-refractivity contribution < 1.29 is 9.47 Å². The standard InChI is InChI=1S/C12H17O2/c1-3-9-13-11-5-7-12(8-6-11)14-10-4-2/h5H,3-4,8-10H2,1-2H3. The second kappa shape index (κ2) is 6.52. The Bertz CT molecular complexity index is 192. The second-order valence-electron chi connectivity index (χ2n) is 3.13. The van der Waals surface area contributed by atoms with Crippen molar-refractivity contribution in [2.24, 2.45) is 0 Å². The van der Waals surface area contributed by atoms with E-state index in [0.29, 0.717) is 6.42 Å². The number of hydrogen-bond donors (Lipinski definition) is 0. The van der Waals surface area contributed by atoms with Gasteiger partial charge in [0.25, 0.3) is 0 Å². The first-order valence-corrected chi connectivity index (χ1v) is 5.18. The molecule has 1 rings (SSSR count). The molecule has 0 amide bonds. The van der Waals surface area contributed by atoms with Crippen LogP contribution in [0.15, 0.2) is 17.6 Å². The van der Waals surface area contributed by atoms with Crippen molar-refractivity contribution in [1.82, 2.24) is 0 Å². The molecule has 0 aromatic carbocycles. The number of rotatable bonds is 6. The van der Waals surface area contributed by atoms with E-state index in [1.807, 2.05) is 0 Å². The van der Waals surface area contributed by atoms with Crippen LogP contribution in [0, 0.1) is 12.5 Å². The van der Waals surface area contributed by atoms with Gasteiger partial charge >= 0.3 is 0 Å². The van der Waals surface area contributed by atoms with E-state index in [2.05, 4.69) is 26.3 Å². The molecule has 0 heterocycles. The Morgan fingerprint density at radius 3 is 2.50 bits per heavy atom. The molecule has 0 N–H and O–H groups in total. The average Bonchev–Trinajstić information content (AvgIpc) is 2.25. The number of ether oxygens (including phenoxy) is 2. The predicted molar refractivity (Wildman–Crippen MR) is 55.2 cm³/mol. The molecule has 14 heavy (non-hydrogen) atoms. The summed E-state index contributed by atoms with van der Waals surface area (Å²) in [6.07, 6.45) is 10.7. The van der Waals surface area contributed by atoms with Gasteiger partial charge in [0, 0.05) is 12.5 Å². The Hall–Kier alpha value is -0.920. The summed E-state index contributed by atoms with van der Waals surface area (Å²) in [5.41, 5.74) is 0. The topological polar surface area (TPSA) is 18.5 Å². The first kappa shape index (κ1) is 11.2. The van der Waals surface area contributed by atoms with Gasteiger partial charge in [0.2, 0.25) is 0 Å². The molecule has 0 atom stereocenters. The van der Waals surface area contributed by atoms with Crippen LogP contribution >= 0.6 is 0 Å². The van der Waals surface area contributed by atoms with Crippen LogP contribution in [0.4, 0.5) is 0 Å². The van der Waals surface area contributed by atoms with E-state index in [1.54, 1.807) is 6.08 Å². The van der Waals surface area contributed by atoms with Gasteiger partial charge in [-0.05, 0) is 18.9 Å². The summed E-state index contributed by atoms with van der Waals surface area (Å²) in [6, 6.07) is 0. The van der Waals surface area contributed by atoms with Crippen molar-refractivity contribution in [2.45, 2.75) is 33.1 Å². The van der Waals surface area contributed by atoms with Crippen LogP contribution in [0.25, 0.3) is 0 Å². The molecule has 0 unspecified atom stereocenters. The largest absolute Gasteiger partial charge is 0.497 e. The Kier molecular flexibility index (Phi) is 5.20. The molecular formula is C12H17O2. The van der Waals surface area contributed by atoms with Crippen molar-refractivity contribution in [3.05, 3.63) is 30.1 Å². The highest BCUT2D eigenvalue weighted by Crippen LogP contribution is 2.18. The molecule has 0 bridgehead atoms. The van der Waals surface area contributed by atoms with Crippen LogP contribution < -0.4 is 0 Å². The summed E-state index contributed by atoms with van der Waals surface area (Å²) in [5.74, 6) is 1.64. The maximum atomic E-state index is 5.43. The molecular weight excluding hydrogens is 176 g/mol. The maximum Gasteiger partial charge on any atom is 0.105 e. The molecule has 0 fully saturated rings. The summed E-state index contributed by atoms with van der Waals surface area (Å²) in [7, 11) is 0. The van der Waals surface area contributed by atoms with Gasteiger partial charge in [0.05, 0.1) is 19.6 Å². The van der Waals surface area contributed by atoms with Crippen molar-refractivity contribution in [2.75, 3.05) is 13.2 Å². The molecule has 1 aliphatic carbocycles. The summed E-state index contributed by atoms with van der Waals surface area (Å²) < 4.78 is 10.8. The van der Waals surface area contributed by atoms with Crippen LogP contribution in [-0.4, -0.2) is 13.2 Å². The van der Waals surface area contributed by atoms with Crippen molar-refractivity contribution in [1.29, 1.82) is 0 Å². The Morgan fingerprint density at radius 1 is 1.21 bits per heavy atom. The van der Waals surface area contributed by atoms with Gasteiger partial charge in [-0.25, -0.2) is 0 Å². The van der Waals surface area contributed by atoms with E-state index in [1.165, 1.54) is 0 Å². The molecule has 0 spiro atoms. The SMILES string of the molecule is CCCOC1=[C]C=C(OCCC)[C]C1. The molecule has 2 nitrogen and oxygen atoms in total. The summed E-state index contributed by atoms with van der Waals surface area (Å²) in [5, 5.41) is 0. The van der Waals surface area contributed by atoms with E-state index < -0.39 is 0 Å². The Balaban J connectivity index is 2.31. The lowest BCUT2D eigenvalue weighted by molar-refractivity contribution is 0.190. The molecule has 0 aromatic heterocycles. The number of hydrogen-bond acceptors (Lipinski definition) is 2. The zero-order chi connectivity index (χ0) is 10.2.